The van der Waals surface area contributed by atoms with Crippen molar-refractivity contribution >= 4 is 22.3 Å². The van der Waals surface area contributed by atoms with Gasteiger partial charge in [-0.3, -0.25) is 4.98 Å². The van der Waals surface area contributed by atoms with E-state index >= 15 is 0 Å². The molecular weight excluding hydrogens is 210 g/mol. The number of aromatic nitrogens is 1. The highest BCUT2D eigenvalue weighted by molar-refractivity contribution is 5.98. The SMILES string of the molecule is CCCN(CC)c1ccc(N)c2cccnc12. The van der Waals surface area contributed by atoms with Crippen LogP contribution in [0.4, 0.5) is 11.4 Å². The minimum Gasteiger partial charge on any atom is -0.398 e. The van der Waals surface area contributed by atoms with E-state index in [2.05, 4.69) is 29.8 Å². The fourth-order valence-electron chi connectivity index (χ4n) is 2.15. The maximum atomic E-state index is 5.98. The van der Waals surface area contributed by atoms with Crippen LogP contribution in [0, 0.1) is 0 Å². The first-order valence-corrected chi connectivity index (χ1v) is 6.16. The molecule has 0 aliphatic rings. The van der Waals surface area contributed by atoms with Crippen molar-refractivity contribution in [1.29, 1.82) is 0 Å². The molecule has 0 radical (unpaired) electrons. The highest BCUT2D eigenvalue weighted by atomic mass is 15.1. The number of pyridine rings is 1. The molecule has 3 heteroatoms. The number of fused-ring (bicyclic) bond motifs is 1. The summed E-state index contributed by atoms with van der Waals surface area (Å²) in [5.41, 5.74) is 8.96. The minimum atomic E-state index is 0.796. The van der Waals surface area contributed by atoms with Gasteiger partial charge in [0.2, 0.25) is 0 Å². The van der Waals surface area contributed by atoms with E-state index in [-0.39, 0.29) is 0 Å². The molecule has 0 fully saturated rings. The van der Waals surface area contributed by atoms with Crippen LogP contribution in [0.2, 0.25) is 0 Å². The van der Waals surface area contributed by atoms with Crippen LogP contribution in [0.3, 0.4) is 0 Å². The zero-order valence-electron chi connectivity index (χ0n) is 10.5. The standard InChI is InChI=1S/C14H19N3/c1-3-10-17(4-2)13-8-7-12(15)11-6-5-9-16-14(11)13/h5-9H,3-4,10,15H2,1-2H3. The number of rotatable bonds is 4. The second-order valence-electron chi connectivity index (χ2n) is 4.15. The maximum absolute atomic E-state index is 5.98. The van der Waals surface area contributed by atoms with E-state index in [1.807, 2.05) is 24.4 Å². The van der Waals surface area contributed by atoms with Gasteiger partial charge in [0.15, 0.2) is 0 Å². The predicted octanol–water partition coefficient (Wildman–Crippen LogP) is 3.05. The fourth-order valence-corrected chi connectivity index (χ4v) is 2.15. The summed E-state index contributed by atoms with van der Waals surface area (Å²) in [6.07, 6.45) is 2.96. The zero-order valence-corrected chi connectivity index (χ0v) is 10.5. The highest BCUT2D eigenvalue weighted by Crippen LogP contribution is 2.29. The molecule has 0 saturated heterocycles. The molecule has 0 atom stereocenters. The van der Waals surface area contributed by atoms with Gasteiger partial charge in [-0.2, -0.15) is 0 Å². The molecule has 3 nitrogen and oxygen atoms in total. The predicted molar refractivity (Wildman–Crippen MR) is 74.3 cm³/mol. The molecule has 1 heterocycles. The quantitative estimate of drug-likeness (QED) is 0.819. The first-order valence-electron chi connectivity index (χ1n) is 6.16. The smallest absolute Gasteiger partial charge is 0.0955 e. The van der Waals surface area contributed by atoms with Crippen LogP contribution in [-0.4, -0.2) is 18.1 Å². The molecule has 2 rings (SSSR count). The molecule has 1 aromatic carbocycles. The minimum absolute atomic E-state index is 0.796. The van der Waals surface area contributed by atoms with Crippen LogP contribution < -0.4 is 10.6 Å². The highest BCUT2D eigenvalue weighted by Gasteiger charge is 2.10. The van der Waals surface area contributed by atoms with Gasteiger partial charge in [0, 0.05) is 30.4 Å². The van der Waals surface area contributed by atoms with Gasteiger partial charge >= 0.3 is 0 Å². The van der Waals surface area contributed by atoms with E-state index in [1.165, 1.54) is 5.69 Å². The number of nitrogens with zero attached hydrogens (tertiary/aromatic N) is 2. The van der Waals surface area contributed by atoms with Crippen molar-refractivity contribution in [2.75, 3.05) is 23.7 Å². The molecule has 0 aliphatic heterocycles. The molecule has 0 aliphatic carbocycles. The van der Waals surface area contributed by atoms with Gasteiger partial charge in [-0.05, 0) is 37.6 Å². The van der Waals surface area contributed by atoms with Gasteiger partial charge in [-0.1, -0.05) is 6.92 Å². The van der Waals surface area contributed by atoms with Gasteiger partial charge in [0.05, 0.1) is 11.2 Å². The molecule has 1 aromatic heterocycles. The van der Waals surface area contributed by atoms with Crippen LogP contribution in [0.5, 0.6) is 0 Å². The zero-order chi connectivity index (χ0) is 12.3. The summed E-state index contributed by atoms with van der Waals surface area (Å²) in [5.74, 6) is 0. The summed E-state index contributed by atoms with van der Waals surface area (Å²) in [6, 6.07) is 8.00. The van der Waals surface area contributed by atoms with E-state index in [0.29, 0.717) is 0 Å². The Morgan fingerprint density at radius 2 is 2.06 bits per heavy atom. The topological polar surface area (TPSA) is 42.1 Å². The van der Waals surface area contributed by atoms with Crippen molar-refractivity contribution in [2.24, 2.45) is 0 Å². The molecule has 2 aromatic rings. The first kappa shape index (κ1) is 11.7. The number of nitrogen functional groups attached to an aromatic ring is 1. The van der Waals surface area contributed by atoms with Crippen LogP contribution in [0.25, 0.3) is 10.9 Å². The average Bonchev–Trinajstić information content (AvgIpc) is 2.37. The fraction of sp³-hybridized carbons (Fsp3) is 0.357. The number of nitrogens with two attached hydrogens (primary N) is 1. The summed E-state index contributed by atoms with van der Waals surface area (Å²) in [7, 11) is 0. The average molecular weight is 229 g/mol. The Bertz CT molecular complexity index is 508. The molecule has 90 valence electrons. The number of hydrogen-bond acceptors (Lipinski definition) is 3. The third-order valence-electron chi connectivity index (χ3n) is 3.00. The van der Waals surface area contributed by atoms with Crippen molar-refractivity contribution in [1.82, 2.24) is 4.98 Å². The lowest BCUT2D eigenvalue weighted by atomic mass is 10.1. The molecule has 0 spiro atoms. The van der Waals surface area contributed by atoms with E-state index < -0.39 is 0 Å². The molecule has 0 amide bonds. The van der Waals surface area contributed by atoms with Crippen molar-refractivity contribution in [2.45, 2.75) is 20.3 Å². The normalized spacial score (nSPS) is 10.7. The van der Waals surface area contributed by atoms with Crippen molar-refractivity contribution in [3.8, 4) is 0 Å². The Morgan fingerprint density at radius 1 is 1.24 bits per heavy atom. The Kier molecular flexibility index (Phi) is 3.47. The van der Waals surface area contributed by atoms with Crippen LogP contribution >= 0.6 is 0 Å². The van der Waals surface area contributed by atoms with Gasteiger partial charge in [0.1, 0.15) is 0 Å². The Morgan fingerprint density at radius 3 is 2.76 bits per heavy atom. The summed E-state index contributed by atoms with van der Waals surface area (Å²) in [6.45, 7) is 6.39. The van der Waals surface area contributed by atoms with E-state index in [9.17, 15) is 0 Å². The van der Waals surface area contributed by atoms with E-state index in [4.69, 9.17) is 5.73 Å². The van der Waals surface area contributed by atoms with Crippen molar-refractivity contribution in [3.63, 3.8) is 0 Å². The first-order chi connectivity index (χ1) is 8.27. The van der Waals surface area contributed by atoms with Crippen molar-refractivity contribution in [3.05, 3.63) is 30.5 Å². The number of hydrogen-bond donors (Lipinski definition) is 1. The summed E-state index contributed by atoms with van der Waals surface area (Å²) < 4.78 is 0. The molecule has 0 bridgehead atoms. The molecule has 0 unspecified atom stereocenters. The van der Waals surface area contributed by atoms with Gasteiger partial charge in [0.25, 0.3) is 0 Å². The third-order valence-corrected chi connectivity index (χ3v) is 3.00. The maximum Gasteiger partial charge on any atom is 0.0955 e. The number of anilines is 2. The second kappa shape index (κ2) is 5.04. The van der Waals surface area contributed by atoms with Crippen LogP contribution in [0.15, 0.2) is 30.5 Å². The monoisotopic (exact) mass is 229 g/mol. The van der Waals surface area contributed by atoms with Crippen LogP contribution in [0.1, 0.15) is 20.3 Å². The molecule has 0 saturated carbocycles. The lowest BCUT2D eigenvalue weighted by molar-refractivity contribution is 0.794. The summed E-state index contributed by atoms with van der Waals surface area (Å²) >= 11 is 0. The van der Waals surface area contributed by atoms with Crippen molar-refractivity contribution < 1.29 is 0 Å². The molecular formula is C14H19N3. The Hall–Kier alpha value is -1.77. The lowest BCUT2D eigenvalue weighted by Crippen LogP contribution is -2.23. The lowest BCUT2D eigenvalue weighted by Gasteiger charge is -2.23. The number of benzene rings is 1. The Labute approximate surface area is 102 Å². The second-order valence-corrected chi connectivity index (χ2v) is 4.15. The Balaban J connectivity index is 2.57. The molecule has 17 heavy (non-hydrogen) atoms. The van der Waals surface area contributed by atoms with Crippen LogP contribution in [-0.2, 0) is 0 Å². The molecule has 2 N–H and O–H groups in total. The summed E-state index contributed by atoms with van der Waals surface area (Å²) in [4.78, 5) is 6.81. The summed E-state index contributed by atoms with van der Waals surface area (Å²) in [5, 5.41) is 1.04. The van der Waals surface area contributed by atoms with E-state index in [1.54, 1.807) is 0 Å². The van der Waals surface area contributed by atoms with E-state index in [0.717, 1.165) is 36.1 Å². The third kappa shape index (κ3) is 2.18. The van der Waals surface area contributed by atoms with Gasteiger partial charge in [-0.25, -0.2) is 0 Å². The largest absolute Gasteiger partial charge is 0.398 e. The van der Waals surface area contributed by atoms with Gasteiger partial charge < -0.3 is 10.6 Å². The van der Waals surface area contributed by atoms with Gasteiger partial charge in [-0.15, -0.1) is 0 Å².